The van der Waals surface area contributed by atoms with Crippen LogP contribution in [0.15, 0.2) is 18.2 Å². The van der Waals surface area contributed by atoms with E-state index in [1.807, 2.05) is 19.1 Å². The molecule has 0 bridgehead atoms. The average molecular weight is 261 g/mol. The van der Waals surface area contributed by atoms with E-state index in [0.717, 1.165) is 30.8 Å². The van der Waals surface area contributed by atoms with Crippen molar-refractivity contribution < 1.29 is 4.79 Å². The van der Waals surface area contributed by atoms with E-state index >= 15 is 0 Å². The average Bonchev–Trinajstić information content (AvgIpc) is 2.66. The minimum Gasteiger partial charge on any atom is -0.372 e. The first-order valence-corrected chi connectivity index (χ1v) is 6.93. The van der Waals surface area contributed by atoms with E-state index in [1.54, 1.807) is 0 Å². The number of aryl methyl sites for hydroxylation is 1. The molecule has 0 saturated carbocycles. The number of rotatable bonds is 3. The number of hydrogen-bond donors (Lipinski definition) is 2. The predicted molar refractivity (Wildman–Crippen MR) is 78.6 cm³/mol. The highest BCUT2D eigenvalue weighted by atomic mass is 16.1. The number of primary amides is 1. The highest BCUT2D eigenvalue weighted by Crippen LogP contribution is 2.23. The molecule has 1 saturated heterocycles. The molecular formula is C15H23N3O. The van der Waals surface area contributed by atoms with E-state index in [2.05, 4.69) is 23.3 Å². The van der Waals surface area contributed by atoms with Crippen molar-refractivity contribution in [1.82, 2.24) is 5.32 Å². The quantitative estimate of drug-likeness (QED) is 0.870. The van der Waals surface area contributed by atoms with Crippen LogP contribution in [0.25, 0.3) is 0 Å². The number of nitrogens with one attached hydrogen (secondary N) is 1. The van der Waals surface area contributed by atoms with Gasteiger partial charge < -0.3 is 16.0 Å². The summed E-state index contributed by atoms with van der Waals surface area (Å²) in [6.07, 6.45) is 3.58. The van der Waals surface area contributed by atoms with Gasteiger partial charge in [-0.1, -0.05) is 0 Å². The summed E-state index contributed by atoms with van der Waals surface area (Å²) in [5.74, 6) is -0.356. The van der Waals surface area contributed by atoms with E-state index < -0.39 is 0 Å². The fourth-order valence-corrected chi connectivity index (χ4v) is 2.74. The zero-order valence-electron chi connectivity index (χ0n) is 11.8. The van der Waals surface area contributed by atoms with E-state index in [0.29, 0.717) is 11.6 Å². The van der Waals surface area contributed by atoms with Gasteiger partial charge in [0.15, 0.2) is 0 Å². The SMILES string of the molecule is Cc1cc(N(C)C2CCCNCC2)ccc1C(N)=O. The molecule has 4 heteroatoms. The van der Waals surface area contributed by atoms with E-state index in [9.17, 15) is 4.79 Å². The Kier molecular flexibility index (Phi) is 4.43. The molecule has 0 spiro atoms. The van der Waals surface area contributed by atoms with Gasteiger partial charge in [0.1, 0.15) is 0 Å². The number of hydrogen-bond acceptors (Lipinski definition) is 3. The van der Waals surface area contributed by atoms with Gasteiger partial charge in [0, 0.05) is 24.3 Å². The minimum atomic E-state index is -0.356. The van der Waals surface area contributed by atoms with E-state index in [-0.39, 0.29) is 5.91 Å². The van der Waals surface area contributed by atoms with E-state index in [4.69, 9.17) is 5.73 Å². The molecule has 19 heavy (non-hydrogen) atoms. The Morgan fingerprint density at radius 3 is 2.84 bits per heavy atom. The molecule has 104 valence electrons. The third-order valence-corrected chi connectivity index (χ3v) is 3.98. The van der Waals surface area contributed by atoms with Crippen molar-refractivity contribution in [3.8, 4) is 0 Å². The molecule has 1 unspecified atom stereocenters. The second-order valence-electron chi connectivity index (χ2n) is 5.31. The van der Waals surface area contributed by atoms with Gasteiger partial charge in [0.05, 0.1) is 0 Å². The lowest BCUT2D eigenvalue weighted by Gasteiger charge is -2.29. The Morgan fingerprint density at radius 2 is 2.16 bits per heavy atom. The largest absolute Gasteiger partial charge is 0.372 e. The first kappa shape index (κ1) is 13.9. The van der Waals surface area contributed by atoms with Crippen LogP contribution in [0.2, 0.25) is 0 Å². The maximum Gasteiger partial charge on any atom is 0.248 e. The van der Waals surface area contributed by atoms with Crippen molar-refractivity contribution in [1.29, 1.82) is 0 Å². The lowest BCUT2D eigenvalue weighted by molar-refractivity contribution is 0.1000. The lowest BCUT2D eigenvalue weighted by Crippen LogP contribution is -2.32. The van der Waals surface area contributed by atoms with Crippen LogP contribution in [0.5, 0.6) is 0 Å². The van der Waals surface area contributed by atoms with Gasteiger partial charge in [-0.3, -0.25) is 4.79 Å². The Morgan fingerprint density at radius 1 is 1.37 bits per heavy atom. The summed E-state index contributed by atoms with van der Waals surface area (Å²) in [6.45, 7) is 4.13. The van der Waals surface area contributed by atoms with Crippen LogP contribution in [0.3, 0.4) is 0 Å². The van der Waals surface area contributed by atoms with Gasteiger partial charge in [-0.05, 0) is 63.0 Å². The third-order valence-electron chi connectivity index (χ3n) is 3.98. The second kappa shape index (κ2) is 6.06. The van der Waals surface area contributed by atoms with Crippen LogP contribution in [0, 0.1) is 6.92 Å². The van der Waals surface area contributed by atoms with Crippen LogP contribution >= 0.6 is 0 Å². The third kappa shape index (κ3) is 3.26. The first-order chi connectivity index (χ1) is 9.09. The zero-order valence-corrected chi connectivity index (χ0v) is 11.8. The molecule has 1 aromatic carbocycles. The Labute approximate surface area is 115 Å². The molecule has 1 amide bonds. The smallest absolute Gasteiger partial charge is 0.248 e. The summed E-state index contributed by atoms with van der Waals surface area (Å²) in [4.78, 5) is 13.6. The fraction of sp³-hybridized carbons (Fsp3) is 0.533. The molecule has 1 heterocycles. The highest BCUT2D eigenvalue weighted by molar-refractivity contribution is 5.94. The normalized spacial score (nSPS) is 19.8. The molecule has 0 aromatic heterocycles. The number of benzene rings is 1. The number of nitrogens with zero attached hydrogens (tertiary/aromatic N) is 1. The van der Waals surface area contributed by atoms with Gasteiger partial charge in [-0.25, -0.2) is 0 Å². The predicted octanol–water partition coefficient (Wildman–Crippen LogP) is 1.67. The molecule has 1 atom stereocenters. The highest BCUT2D eigenvalue weighted by Gasteiger charge is 2.17. The maximum absolute atomic E-state index is 11.3. The van der Waals surface area contributed by atoms with Crippen molar-refractivity contribution >= 4 is 11.6 Å². The van der Waals surface area contributed by atoms with Crippen LogP contribution in [0.4, 0.5) is 5.69 Å². The molecule has 1 fully saturated rings. The van der Waals surface area contributed by atoms with E-state index in [1.165, 1.54) is 12.8 Å². The molecule has 0 radical (unpaired) electrons. The summed E-state index contributed by atoms with van der Waals surface area (Å²) >= 11 is 0. The Bertz CT molecular complexity index is 451. The van der Waals surface area contributed by atoms with Gasteiger partial charge in [-0.2, -0.15) is 0 Å². The van der Waals surface area contributed by atoms with Crippen molar-refractivity contribution in [3.63, 3.8) is 0 Å². The number of anilines is 1. The van der Waals surface area contributed by atoms with Crippen molar-refractivity contribution in [2.45, 2.75) is 32.2 Å². The molecule has 1 aromatic rings. The van der Waals surface area contributed by atoms with Crippen molar-refractivity contribution in [2.24, 2.45) is 5.73 Å². The van der Waals surface area contributed by atoms with Gasteiger partial charge in [-0.15, -0.1) is 0 Å². The van der Waals surface area contributed by atoms with Gasteiger partial charge >= 0.3 is 0 Å². The van der Waals surface area contributed by atoms with Gasteiger partial charge in [0.2, 0.25) is 5.91 Å². The van der Waals surface area contributed by atoms with Crippen LogP contribution < -0.4 is 16.0 Å². The molecule has 3 N–H and O–H groups in total. The van der Waals surface area contributed by atoms with Crippen molar-refractivity contribution in [2.75, 3.05) is 25.0 Å². The van der Waals surface area contributed by atoms with Crippen LogP contribution in [-0.2, 0) is 0 Å². The monoisotopic (exact) mass is 261 g/mol. The number of amides is 1. The molecule has 2 rings (SSSR count). The molecule has 0 aliphatic carbocycles. The first-order valence-electron chi connectivity index (χ1n) is 6.93. The lowest BCUT2D eigenvalue weighted by atomic mass is 10.0. The topological polar surface area (TPSA) is 58.4 Å². The number of carbonyl (C=O) groups excluding carboxylic acids is 1. The molecule has 1 aliphatic heterocycles. The Hall–Kier alpha value is -1.55. The summed E-state index contributed by atoms with van der Waals surface area (Å²) in [5.41, 5.74) is 8.06. The summed E-state index contributed by atoms with van der Waals surface area (Å²) in [5, 5.41) is 3.43. The minimum absolute atomic E-state index is 0.356. The van der Waals surface area contributed by atoms with Crippen LogP contribution in [-0.4, -0.2) is 32.1 Å². The van der Waals surface area contributed by atoms with Gasteiger partial charge in [0.25, 0.3) is 0 Å². The van der Waals surface area contributed by atoms with Crippen molar-refractivity contribution in [3.05, 3.63) is 29.3 Å². The molecular weight excluding hydrogens is 238 g/mol. The summed E-state index contributed by atoms with van der Waals surface area (Å²) in [6, 6.07) is 6.44. The second-order valence-corrected chi connectivity index (χ2v) is 5.31. The standard InChI is InChI=1S/C15H23N3O/c1-11-10-13(5-6-14(11)15(16)19)18(2)12-4-3-8-17-9-7-12/h5-6,10,12,17H,3-4,7-9H2,1-2H3,(H2,16,19). The number of nitrogens with two attached hydrogens (primary N) is 1. The maximum atomic E-state index is 11.3. The summed E-state index contributed by atoms with van der Waals surface area (Å²) in [7, 11) is 2.13. The molecule has 4 nitrogen and oxygen atoms in total. The molecule has 1 aliphatic rings. The number of carbonyl (C=O) groups is 1. The zero-order chi connectivity index (χ0) is 13.8. The fourth-order valence-electron chi connectivity index (χ4n) is 2.74. The summed E-state index contributed by atoms with van der Waals surface area (Å²) < 4.78 is 0. The Balaban J connectivity index is 2.16. The van der Waals surface area contributed by atoms with Crippen LogP contribution in [0.1, 0.15) is 35.2 Å².